The first-order valence-electron chi connectivity index (χ1n) is 9.15. The lowest BCUT2D eigenvalue weighted by molar-refractivity contribution is 0.0693. The summed E-state index contributed by atoms with van der Waals surface area (Å²) in [5.41, 5.74) is 1.88. The summed E-state index contributed by atoms with van der Waals surface area (Å²) in [6, 6.07) is 1.66. The van der Waals surface area contributed by atoms with Gasteiger partial charge in [0.2, 0.25) is 0 Å². The molecule has 126 valence electrons. The largest absolute Gasteiger partial charge is 0.477 e. The predicted octanol–water partition coefficient (Wildman–Crippen LogP) is 3.79. The van der Waals surface area contributed by atoms with Gasteiger partial charge in [0.25, 0.3) is 5.56 Å². The van der Waals surface area contributed by atoms with Crippen LogP contribution in [-0.4, -0.2) is 15.6 Å². The van der Waals surface area contributed by atoms with Gasteiger partial charge in [0.05, 0.1) is 0 Å². The monoisotopic (exact) mass is 317 g/mol. The SMILES string of the molecule is O=C(O)c1cc2c(n(CC3CCCCC3)c1=O)CCCCCC2. The standard InChI is InChI=1S/C19H27NO3/c21-18-16(19(22)23)12-15-10-6-1-2-7-11-17(15)20(18)13-14-8-4-3-5-9-14/h12,14H,1-11,13H2,(H,22,23). The van der Waals surface area contributed by atoms with Gasteiger partial charge in [-0.15, -0.1) is 0 Å². The lowest BCUT2D eigenvalue weighted by Crippen LogP contribution is -2.33. The van der Waals surface area contributed by atoms with Crippen LogP contribution in [0.15, 0.2) is 10.9 Å². The molecule has 2 aliphatic rings. The van der Waals surface area contributed by atoms with E-state index in [-0.39, 0.29) is 11.1 Å². The second-order valence-corrected chi connectivity index (χ2v) is 7.17. The highest BCUT2D eigenvalue weighted by molar-refractivity contribution is 5.87. The normalized spacial score (nSPS) is 19.7. The molecule has 0 unspecified atom stereocenters. The van der Waals surface area contributed by atoms with Crippen LogP contribution in [0.1, 0.15) is 79.4 Å². The zero-order valence-corrected chi connectivity index (χ0v) is 13.9. The highest BCUT2D eigenvalue weighted by atomic mass is 16.4. The maximum absolute atomic E-state index is 12.7. The number of carboxylic acids is 1. The molecule has 0 aliphatic heterocycles. The van der Waals surface area contributed by atoms with Crippen molar-refractivity contribution in [2.75, 3.05) is 0 Å². The average molecular weight is 317 g/mol. The summed E-state index contributed by atoms with van der Waals surface area (Å²) in [5.74, 6) is -0.558. The summed E-state index contributed by atoms with van der Waals surface area (Å²) in [5, 5.41) is 9.41. The Morgan fingerprint density at radius 3 is 2.39 bits per heavy atom. The fourth-order valence-corrected chi connectivity index (χ4v) is 4.21. The van der Waals surface area contributed by atoms with Crippen LogP contribution >= 0.6 is 0 Å². The van der Waals surface area contributed by atoms with Crippen LogP contribution in [0.3, 0.4) is 0 Å². The summed E-state index contributed by atoms with van der Waals surface area (Å²) in [6.45, 7) is 0.711. The summed E-state index contributed by atoms with van der Waals surface area (Å²) < 4.78 is 1.83. The number of nitrogens with zero attached hydrogens (tertiary/aromatic N) is 1. The number of carboxylic acid groups (broad SMARTS) is 1. The van der Waals surface area contributed by atoms with Crippen molar-refractivity contribution in [3.63, 3.8) is 0 Å². The topological polar surface area (TPSA) is 59.3 Å². The molecule has 1 aromatic rings. The zero-order valence-electron chi connectivity index (χ0n) is 13.9. The number of hydrogen-bond donors (Lipinski definition) is 1. The predicted molar refractivity (Wildman–Crippen MR) is 90.1 cm³/mol. The van der Waals surface area contributed by atoms with E-state index < -0.39 is 5.97 Å². The number of aromatic carboxylic acids is 1. The van der Waals surface area contributed by atoms with Crippen LogP contribution in [0.2, 0.25) is 0 Å². The molecular weight excluding hydrogens is 290 g/mol. The second-order valence-electron chi connectivity index (χ2n) is 7.17. The number of carbonyl (C=O) groups is 1. The highest BCUT2D eigenvalue weighted by Gasteiger charge is 2.22. The third-order valence-electron chi connectivity index (χ3n) is 5.50. The summed E-state index contributed by atoms with van der Waals surface area (Å²) in [4.78, 5) is 24.2. The molecule has 0 saturated heterocycles. The first kappa shape index (κ1) is 16.3. The Bertz CT molecular complexity index is 626. The van der Waals surface area contributed by atoms with Crippen LogP contribution < -0.4 is 5.56 Å². The van der Waals surface area contributed by atoms with Crippen molar-refractivity contribution in [1.29, 1.82) is 0 Å². The molecule has 1 aromatic heterocycles. The van der Waals surface area contributed by atoms with Gasteiger partial charge in [-0.25, -0.2) is 4.79 Å². The van der Waals surface area contributed by atoms with E-state index in [0.717, 1.165) is 36.9 Å². The molecule has 0 aromatic carbocycles. The first-order chi connectivity index (χ1) is 11.2. The van der Waals surface area contributed by atoms with Gasteiger partial charge in [-0.05, 0) is 56.1 Å². The average Bonchev–Trinajstić information content (AvgIpc) is 2.52. The molecule has 0 bridgehead atoms. The van der Waals surface area contributed by atoms with Crippen LogP contribution in [0.4, 0.5) is 0 Å². The molecule has 23 heavy (non-hydrogen) atoms. The van der Waals surface area contributed by atoms with E-state index in [4.69, 9.17) is 0 Å². The van der Waals surface area contributed by atoms with E-state index in [1.165, 1.54) is 44.9 Å². The van der Waals surface area contributed by atoms with Crippen molar-refractivity contribution in [2.45, 2.75) is 77.2 Å². The molecule has 2 aliphatic carbocycles. The van der Waals surface area contributed by atoms with Gasteiger partial charge in [0.1, 0.15) is 5.56 Å². The van der Waals surface area contributed by atoms with E-state index in [9.17, 15) is 14.7 Å². The van der Waals surface area contributed by atoms with E-state index in [1.54, 1.807) is 6.07 Å². The molecule has 1 saturated carbocycles. The van der Waals surface area contributed by atoms with E-state index in [2.05, 4.69) is 0 Å². The minimum absolute atomic E-state index is 0.0415. The quantitative estimate of drug-likeness (QED) is 0.923. The van der Waals surface area contributed by atoms with Gasteiger partial charge < -0.3 is 9.67 Å². The molecular formula is C19H27NO3. The number of aryl methyl sites for hydroxylation is 1. The fourth-order valence-electron chi connectivity index (χ4n) is 4.21. The van der Waals surface area contributed by atoms with Gasteiger partial charge in [0.15, 0.2) is 0 Å². The van der Waals surface area contributed by atoms with Crippen molar-refractivity contribution in [3.8, 4) is 0 Å². The van der Waals surface area contributed by atoms with Crippen molar-refractivity contribution < 1.29 is 9.90 Å². The molecule has 1 fully saturated rings. The second kappa shape index (κ2) is 7.33. The van der Waals surface area contributed by atoms with Crippen molar-refractivity contribution in [1.82, 2.24) is 4.57 Å². The Balaban J connectivity index is 2.02. The summed E-state index contributed by atoms with van der Waals surface area (Å²) in [7, 11) is 0. The van der Waals surface area contributed by atoms with E-state index in [1.807, 2.05) is 4.57 Å². The van der Waals surface area contributed by atoms with Gasteiger partial charge in [-0.1, -0.05) is 32.1 Å². The van der Waals surface area contributed by atoms with Gasteiger partial charge in [-0.3, -0.25) is 4.79 Å². The molecule has 4 heteroatoms. The lowest BCUT2D eigenvalue weighted by atomic mass is 9.88. The number of rotatable bonds is 3. The Hall–Kier alpha value is -1.58. The molecule has 1 heterocycles. The third kappa shape index (κ3) is 3.67. The summed E-state index contributed by atoms with van der Waals surface area (Å²) >= 11 is 0. The fraction of sp³-hybridized carbons (Fsp3) is 0.684. The maximum atomic E-state index is 12.7. The Labute approximate surface area is 137 Å². The zero-order chi connectivity index (χ0) is 16.2. The number of pyridine rings is 1. The van der Waals surface area contributed by atoms with Crippen molar-refractivity contribution in [2.24, 2.45) is 5.92 Å². The Morgan fingerprint density at radius 2 is 1.70 bits per heavy atom. The maximum Gasteiger partial charge on any atom is 0.341 e. The minimum atomic E-state index is -1.09. The van der Waals surface area contributed by atoms with Gasteiger partial charge in [-0.2, -0.15) is 0 Å². The lowest BCUT2D eigenvalue weighted by Gasteiger charge is -2.26. The summed E-state index contributed by atoms with van der Waals surface area (Å²) in [6.07, 6.45) is 12.5. The van der Waals surface area contributed by atoms with Gasteiger partial charge in [0, 0.05) is 12.2 Å². The molecule has 0 radical (unpaired) electrons. The first-order valence-corrected chi connectivity index (χ1v) is 9.15. The van der Waals surface area contributed by atoms with Crippen LogP contribution in [0.25, 0.3) is 0 Å². The molecule has 1 N–H and O–H groups in total. The molecule has 4 nitrogen and oxygen atoms in total. The Morgan fingerprint density at radius 1 is 1.04 bits per heavy atom. The van der Waals surface area contributed by atoms with Crippen LogP contribution in [-0.2, 0) is 19.4 Å². The van der Waals surface area contributed by atoms with Gasteiger partial charge >= 0.3 is 5.97 Å². The van der Waals surface area contributed by atoms with E-state index in [0.29, 0.717) is 12.5 Å². The van der Waals surface area contributed by atoms with Crippen molar-refractivity contribution >= 4 is 5.97 Å². The number of hydrogen-bond acceptors (Lipinski definition) is 2. The number of aromatic nitrogens is 1. The smallest absolute Gasteiger partial charge is 0.341 e. The number of fused-ring (bicyclic) bond motifs is 1. The molecule has 0 amide bonds. The molecule has 0 spiro atoms. The van der Waals surface area contributed by atoms with E-state index >= 15 is 0 Å². The Kier molecular flexibility index (Phi) is 5.19. The third-order valence-corrected chi connectivity index (χ3v) is 5.50. The highest BCUT2D eigenvalue weighted by Crippen LogP contribution is 2.27. The molecule has 0 atom stereocenters. The van der Waals surface area contributed by atoms with Crippen LogP contribution in [0.5, 0.6) is 0 Å². The molecule has 3 rings (SSSR count). The van der Waals surface area contributed by atoms with Crippen molar-refractivity contribution in [3.05, 3.63) is 33.2 Å². The minimum Gasteiger partial charge on any atom is -0.477 e. The van der Waals surface area contributed by atoms with Crippen LogP contribution in [0, 0.1) is 5.92 Å².